The first-order valence-electron chi connectivity index (χ1n) is 7.01. The van der Waals surface area contributed by atoms with E-state index in [4.69, 9.17) is 20.4 Å². The zero-order valence-electron chi connectivity index (χ0n) is 12.1. The van der Waals surface area contributed by atoms with E-state index >= 15 is 0 Å². The summed E-state index contributed by atoms with van der Waals surface area (Å²) in [5.74, 6) is -2.79. The maximum absolute atomic E-state index is 9.77. The summed E-state index contributed by atoms with van der Waals surface area (Å²) in [6, 6.07) is 10.8. The van der Waals surface area contributed by atoms with Crippen molar-refractivity contribution in [3.05, 3.63) is 35.9 Å². The minimum Gasteiger partial charge on any atom is -0.479 e. The minimum atomic E-state index is -2.27. The van der Waals surface area contributed by atoms with Gasteiger partial charge in [0.1, 0.15) is 0 Å². The second-order valence-electron chi connectivity index (χ2n) is 5.02. The molecule has 1 saturated heterocycles. The van der Waals surface area contributed by atoms with E-state index in [9.17, 15) is 9.59 Å². The minimum absolute atomic E-state index is 0.750. The summed E-state index contributed by atoms with van der Waals surface area (Å²) < 4.78 is 0. The van der Waals surface area contributed by atoms with Crippen LogP contribution in [0.2, 0.25) is 0 Å². The molecule has 0 saturated carbocycles. The van der Waals surface area contributed by atoms with Gasteiger partial charge >= 0.3 is 11.9 Å². The summed E-state index contributed by atoms with van der Waals surface area (Å²) in [6.07, 6.45) is -1.87. The third-order valence-electron chi connectivity index (χ3n) is 3.37. The van der Waals surface area contributed by atoms with Crippen LogP contribution in [-0.2, 0) is 9.59 Å². The second kappa shape index (κ2) is 9.14. The van der Waals surface area contributed by atoms with Gasteiger partial charge in [-0.1, -0.05) is 30.3 Å². The Bertz CT molecular complexity index is 454. The predicted octanol–water partition coefficient (Wildman–Crippen LogP) is 0.0310. The van der Waals surface area contributed by atoms with E-state index < -0.39 is 24.1 Å². The molecule has 0 spiro atoms. The smallest absolute Gasteiger partial charge is 0.335 e. The molecule has 7 nitrogen and oxygen atoms in total. The highest BCUT2D eigenvalue weighted by molar-refractivity contribution is 5.83. The molecule has 1 aliphatic heterocycles. The van der Waals surface area contributed by atoms with Crippen molar-refractivity contribution in [3.63, 3.8) is 0 Å². The molecule has 2 rings (SSSR count). The molecule has 0 amide bonds. The van der Waals surface area contributed by atoms with E-state index in [1.807, 2.05) is 0 Å². The lowest BCUT2D eigenvalue weighted by Crippen LogP contribution is -2.39. The van der Waals surface area contributed by atoms with Gasteiger partial charge in [0.2, 0.25) is 0 Å². The summed E-state index contributed by atoms with van der Waals surface area (Å²) in [7, 11) is 0. The number of piperidine rings is 1. The highest BCUT2D eigenvalue weighted by atomic mass is 16.4. The third-order valence-corrected chi connectivity index (χ3v) is 3.37. The molecule has 1 aliphatic rings. The Labute approximate surface area is 128 Å². The van der Waals surface area contributed by atoms with Crippen molar-refractivity contribution in [3.8, 4) is 0 Å². The number of benzene rings is 1. The Balaban J connectivity index is 0.000000225. The van der Waals surface area contributed by atoms with Gasteiger partial charge in [-0.2, -0.15) is 0 Å². The fourth-order valence-corrected chi connectivity index (χ4v) is 2.13. The Morgan fingerprint density at radius 1 is 1.05 bits per heavy atom. The average molecular weight is 311 g/mol. The number of rotatable bonds is 4. The first-order chi connectivity index (χ1) is 10.4. The normalized spacial score (nSPS) is 20.2. The second-order valence-corrected chi connectivity index (χ2v) is 5.02. The average Bonchev–Trinajstić information content (AvgIpc) is 2.55. The van der Waals surface area contributed by atoms with Gasteiger partial charge in [0.15, 0.2) is 12.2 Å². The van der Waals surface area contributed by atoms with E-state index in [2.05, 4.69) is 35.6 Å². The number of carboxylic acids is 2. The van der Waals surface area contributed by atoms with Crippen molar-refractivity contribution < 1.29 is 30.0 Å². The molecule has 0 bridgehead atoms. The Kier molecular flexibility index (Phi) is 7.51. The monoisotopic (exact) mass is 311 g/mol. The van der Waals surface area contributed by atoms with E-state index in [-0.39, 0.29) is 0 Å². The summed E-state index contributed by atoms with van der Waals surface area (Å²) in [5, 5.41) is 36.0. The van der Waals surface area contributed by atoms with Crippen LogP contribution in [0.3, 0.4) is 0 Å². The SMILES string of the molecule is O=C(O)C(O)C(O)C(=O)O.c1ccc([C@H]2CCCNC2)cc1. The highest BCUT2D eigenvalue weighted by Crippen LogP contribution is 2.22. The van der Waals surface area contributed by atoms with Crippen LogP contribution in [0.15, 0.2) is 30.3 Å². The van der Waals surface area contributed by atoms with E-state index in [0.717, 1.165) is 12.5 Å². The Hall–Kier alpha value is -1.96. The van der Waals surface area contributed by atoms with Crippen LogP contribution >= 0.6 is 0 Å². The molecule has 5 N–H and O–H groups in total. The maximum Gasteiger partial charge on any atom is 0.335 e. The Morgan fingerprint density at radius 2 is 1.59 bits per heavy atom. The Morgan fingerprint density at radius 3 is 2.00 bits per heavy atom. The molecule has 0 radical (unpaired) electrons. The van der Waals surface area contributed by atoms with E-state index in [0.29, 0.717) is 0 Å². The molecule has 1 fully saturated rings. The van der Waals surface area contributed by atoms with Gasteiger partial charge in [-0.15, -0.1) is 0 Å². The van der Waals surface area contributed by atoms with Gasteiger partial charge < -0.3 is 25.7 Å². The van der Waals surface area contributed by atoms with Gasteiger partial charge in [0.25, 0.3) is 0 Å². The number of aliphatic hydroxyl groups excluding tert-OH is 2. The van der Waals surface area contributed by atoms with Crippen LogP contribution in [0, 0.1) is 0 Å². The zero-order valence-corrected chi connectivity index (χ0v) is 12.1. The number of nitrogens with one attached hydrogen (secondary N) is 1. The quantitative estimate of drug-likeness (QED) is 0.531. The standard InChI is InChI=1S/C11H15N.C4H6O6/c1-2-5-10(6-3-1)11-7-4-8-12-9-11;5-1(3(7)8)2(6)4(9)10/h1-3,5-6,11-12H,4,7-9H2;1-2,5-6H,(H,7,8)(H,9,10)/t11-;/m0./s1. The predicted molar refractivity (Wildman–Crippen MR) is 78.6 cm³/mol. The topological polar surface area (TPSA) is 127 Å². The van der Waals surface area contributed by atoms with Gasteiger partial charge in [0, 0.05) is 6.54 Å². The number of aliphatic hydroxyl groups is 2. The van der Waals surface area contributed by atoms with Crippen LogP contribution in [0.5, 0.6) is 0 Å². The van der Waals surface area contributed by atoms with E-state index in [1.165, 1.54) is 24.9 Å². The van der Waals surface area contributed by atoms with Gasteiger partial charge in [0.05, 0.1) is 0 Å². The lowest BCUT2D eigenvalue weighted by atomic mass is 9.92. The fraction of sp³-hybridized carbons (Fsp3) is 0.467. The number of hydrogen-bond acceptors (Lipinski definition) is 5. The lowest BCUT2D eigenvalue weighted by Gasteiger charge is -2.22. The molecule has 22 heavy (non-hydrogen) atoms. The zero-order chi connectivity index (χ0) is 16.5. The molecule has 7 heteroatoms. The van der Waals surface area contributed by atoms with Crippen LogP contribution in [0.25, 0.3) is 0 Å². The third kappa shape index (κ3) is 5.80. The highest BCUT2D eigenvalue weighted by Gasteiger charge is 2.29. The molecular weight excluding hydrogens is 290 g/mol. The molecule has 2 unspecified atom stereocenters. The summed E-state index contributed by atoms with van der Waals surface area (Å²) >= 11 is 0. The first kappa shape index (κ1) is 18.1. The number of aliphatic carboxylic acids is 2. The van der Waals surface area contributed by atoms with Crippen molar-refractivity contribution in [2.75, 3.05) is 13.1 Å². The molecular formula is C15H21NO6. The largest absolute Gasteiger partial charge is 0.479 e. The van der Waals surface area contributed by atoms with Gasteiger partial charge in [-0.3, -0.25) is 0 Å². The number of carboxylic acid groups (broad SMARTS) is 2. The molecule has 1 heterocycles. The summed E-state index contributed by atoms with van der Waals surface area (Å²) in [5.41, 5.74) is 1.49. The van der Waals surface area contributed by atoms with Crippen molar-refractivity contribution in [2.24, 2.45) is 0 Å². The lowest BCUT2D eigenvalue weighted by molar-refractivity contribution is -0.165. The van der Waals surface area contributed by atoms with Crippen LogP contribution in [0.1, 0.15) is 24.3 Å². The van der Waals surface area contributed by atoms with Crippen LogP contribution in [0.4, 0.5) is 0 Å². The van der Waals surface area contributed by atoms with Crippen molar-refractivity contribution in [1.29, 1.82) is 0 Å². The van der Waals surface area contributed by atoms with Crippen LogP contribution in [-0.4, -0.2) is 57.7 Å². The summed E-state index contributed by atoms with van der Waals surface area (Å²) in [6.45, 7) is 2.35. The van der Waals surface area contributed by atoms with Gasteiger partial charge in [-0.25, -0.2) is 9.59 Å². The van der Waals surface area contributed by atoms with Gasteiger partial charge in [-0.05, 0) is 30.9 Å². The fourth-order valence-electron chi connectivity index (χ4n) is 2.13. The van der Waals surface area contributed by atoms with Crippen LogP contribution < -0.4 is 5.32 Å². The molecule has 0 aromatic heterocycles. The summed E-state index contributed by atoms with van der Waals surface area (Å²) in [4.78, 5) is 19.5. The molecule has 3 atom stereocenters. The van der Waals surface area contributed by atoms with Crippen molar-refractivity contribution in [2.45, 2.75) is 31.0 Å². The molecule has 1 aromatic rings. The molecule has 0 aliphatic carbocycles. The van der Waals surface area contributed by atoms with Crippen molar-refractivity contribution >= 4 is 11.9 Å². The first-order valence-corrected chi connectivity index (χ1v) is 7.01. The molecule has 1 aromatic carbocycles. The maximum atomic E-state index is 9.77. The number of hydrogen-bond donors (Lipinski definition) is 5. The van der Waals surface area contributed by atoms with E-state index in [1.54, 1.807) is 0 Å². The van der Waals surface area contributed by atoms with Crippen molar-refractivity contribution in [1.82, 2.24) is 5.32 Å². The number of carbonyl (C=O) groups is 2. The molecule has 122 valence electrons.